The van der Waals surface area contributed by atoms with Crippen molar-refractivity contribution in [2.75, 3.05) is 26.2 Å². The number of rotatable bonds is 4. The summed E-state index contributed by atoms with van der Waals surface area (Å²) in [7, 11) is 0. The number of hydrogen-bond donors (Lipinski definition) is 1. The molecule has 21 heavy (non-hydrogen) atoms. The third-order valence-corrected chi connectivity index (χ3v) is 5.69. The lowest BCUT2D eigenvalue weighted by atomic mass is 9.89. The zero-order valence-corrected chi connectivity index (χ0v) is 13.7. The largest absolute Gasteiger partial charge is 0.370 e. The maximum atomic E-state index is 6.21. The highest BCUT2D eigenvalue weighted by Crippen LogP contribution is 2.34. The van der Waals surface area contributed by atoms with Crippen LogP contribution < -0.4 is 5.73 Å². The van der Waals surface area contributed by atoms with Gasteiger partial charge in [0.1, 0.15) is 0 Å². The van der Waals surface area contributed by atoms with Crippen LogP contribution in [0.1, 0.15) is 37.5 Å². The van der Waals surface area contributed by atoms with Crippen LogP contribution >= 0.6 is 11.3 Å². The van der Waals surface area contributed by atoms with Gasteiger partial charge in [0.25, 0.3) is 0 Å². The van der Waals surface area contributed by atoms with E-state index in [2.05, 4.69) is 39.2 Å². The van der Waals surface area contributed by atoms with Crippen LogP contribution in [0.3, 0.4) is 0 Å². The molecule has 3 heterocycles. The van der Waals surface area contributed by atoms with Gasteiger partial charge in [-0.15, -0.1) is 11.3 Å². The van der Waals surface area contributed by atoms with Gasteiger partial charge in [-0.3, -0.25) is 4.99 Å². The van der Waals surface area contributed by atoms with Gasteiger partial charge in [-0.1, -0.05) is 13.0 Å². The summed E-state index contributed by atoms with van der Waals surface area (Å²) in [6.45, 7) is 7.68. The lowest BCUT2D eigenvalue weighted by Gasteiger charge is -2.38. The fourth-order valence-corrected chi connectivity index (χ4v) is 4.34. The van der Waals surface area contributed by atoms with Crippen molar-refractivity contribution < 1.29 is 0 Å². The van der Waals surface area contributed by atoms with Crippen LogP contribution in [0.25, 0.3) is 0 Å². The first kappa shape index (κ1) is 14.9. The van der Waals surface area contributed by atoms with E-state index >= 15 is 0 Å². The minimum atomic E-state index is 0.163. The highest BCUT2D eigenvalue weighted by atomic mass is 32.1. The van der Waals surface area contributed by atoms with Crippen molar-refractivity contribution in [3.05, 3.63) is 22.4 Å². The molecule has 1 saturated heterocycles. The van der Waals surface area contributed by atoms with Gasteiger partial charge in [-0.25, -0.2) is 0 Å². The topological polar surface area (TPSA) is 44.9 Å². The maximum Gasteiger partial charge on any atom is 0.192 e. The van der Waals surface area contributed by atoms with Crippen molar-refractivity contribution in [2.24, 2.45) is 10.7 Å². The van der Waals surface area contributed by atoms with Crippen LogP contribution in [0.2, 0.25) is 0 Å². The Morgan fingerprint density at radius 3 is 3.05 bits per heavy atom. The van der Waals surface area contributed by atoms with E-state index in [9.17, 15) is 0 Å². The molecule has 0 saturated carbocycles. The monoisotopic (exact) mass is 306 g/mol. The zero-order valence-electron chi connectivity index (χ0n) is 12.9. The van der Waals surface area contributed by atoms with Crippen LogP contribution in [-0.4, -0.2) is 47.5 Å². The van der Waals surface area contributed by atoms with E-state index in [1.165, 1.54) is 50.2 Å². The smallest absolute Gasteiger partial charge is 0.192 e. The first-order valence-electron chi connectivity index (χ1n) is 8.06. The molecule has 2 N–H and O–H groups in total. The first-order chi connectivity index (χ1) is 10.2. The molecule has 0 amide bonds. The molecule has 0 aromatic carbocycles. The Balaban J connectivity index is 1.73. The minimum absolute atomic E-state index is 0.163. The van der Waals surface area contributed by atoms with Crippen LogP contribution in [0.5, 0.6) is 0 Å². The molecule has 1 aromatic heterocycles. The Morgan fingerprint density at radius 1 is 1.38 bits per heavy atom. The van der Waals surface area contributed by atoms with Gasteiger partial charge < -0.3 is 15.5 Å². The highest BCUT2D eigenvalue weighted by Gasteiger charge is 2.42. The maximum absolute atomic E-state index is 6.21. The molecular formula is C16H26N4S. The van der Waals surface area contributed by atoms with Crippen molar-refractivity contribution in [1.82, 2.24) is 9.80 Å². The van der Waals surface area contributed by atoms with Gasteiger partial charge in [0.05, 0.1) is 18.6 Å². The standard InChI is InChI=1S/C16H26N4S/c1-2-8-19-9-4-6-16(7-10-19)13-18-15(17)20(16)12-14-5-3-11-21-14/h3,5,11H,2,4,6-10,12-13H2,1H3,(H2,17,18). The normalized spacial score (nSPS) is 27.1. The predicted molar refractivity (Wildman–Crippen MR) is 89.7 cm³/mol. The van der Waals surface area contributed by atoms with Crippen molar-refractivity contribution in [3.63, 3.8) is 0 Å². The summed E-state index contributed by atoms with van der Waals surface area (Å²) >= 11 is 1.81. The molecule has 1 spiro atoms. The first-order valence-corrected chi connectivity index (χ1v) is 8.94. The van der Waals surface area contributed by atoms with Crippen molar-refractivity contribution in [2.45, 2.75) is 44.7 Å². The molecule has 0 radical (unpaired) electrons. The molecule has 4 nitrogen and oxygen atoms in total. The van der Waals surface area contributed by atoms with Crippen LogP contribution in [-0.2, 0) is 6.54 Å². The van der Waals surface area contributed by atoms with Gasteiger partial charge in [-0.2, -0.15) is 0 Å². The Bertz CT molecular complexity index is 484. The molecule has 1 unspecified atom stereocenters. The summed E-state index contributed by atoms with van der Waals surface area (Å²) in [5.41, 5.74) is 6.38. The lowest BCUT2D eigenvalue weighted by molar-refractivity contribution is 0.166. The highest BCUT2D eigenvalue weighted by molar-refractivity contribution is 7.09. The Morgan fingerprint density at radius 2 is 2.29 bits per heavy atom. The average molecular weight is 306 g/mol. The van der Waals surface area contributed by atoms with Gasteiger partial charge in [0.2, 0.25) is 0 Å². The number of hydrogen-bond acceptors (Lipinski definition) is 5. The lowest BCUT2D eigenvalue weighted by Crippen LogP contribution is -2.51. The predicted octanol–water partition coefficient (Wildman–Crippen LogP) is 2.51. The molecule has 0 bridgehead atoms. The van der Waals surface area contributed by atoms with E-state index in [1.807, 2.05) is 11.3 Å². The number of guanidine groups is 1. The second-order valence-electron chi connectivity index (χ2n) is 6.26. The van der Waals surface area contributed by atoms with Gasteiger partial charge in [0.15, 0.2) is 5.96 Å². The molecule has 0 aliphatic carbocycles. The molecule has 1 fully saturated rings. The van der Waals surface area contributed by atoms with E-state index in [1.54, 1.807) is 0 Å². The summed E-state index contributed by atoms with van der Waals surface area (Å²) in [6.07, 6.45) is 4.89. The van der Waals surface area contributed by atoms with Gasteiger partial charge in [0, 0.05) is 11.4 Å². The molecule has 5 heteroatoms. The van der Waals surface area contributed by atoms with E-state index in [4.69, 9.17) is 5.73 Å². The molecule has 116 valence electrons. The van der Waals surface area contributed by atoms with E-state index in [-0.39, 0.29) is 5.54 Å². The second-order valence-corrected chi connectivity index (χ2v) is 7.29. The second kappa shape index (κ2) is 6.36. The number of nitrogens with zero attached hydrogens (tertiary/aromatic N) is 3. The third kappa shape index (κ3) is 3.09. The van der Waals surface area contributed by atoms with Crippen molar-refractivity contribution in [1.29, 1.82) is 0 Å². The molecular weight excluding hydrogens is 280 g/mol. The third-order valence-electron chi connectivity index (χ3n) is 4.83. The van der Waals surface area contributed by atoms with Crippen LogP contribution in [0.15, 0.2) is 22.5 Å². The summed E-state index contributed by atoms with van der Waals surface area (Å²) < 4.78 is 0. The van der Waals surface area contributed by atoms with Crippen molar-refractivity contribution >= 4 is 17.3 Å². The molecule has 1 aromatic rings. The van der Waals surface area contributed by atoms with Gasteiger partial charge >= 0.3 is 0 Å². The van der Waals surface area contributed by atoms with Gasteiger partial charge in [-0.05, 0) is 50.2 Å². The molecule has 2 aliphatic rings. The van der Waals surface area contributed by atoms with Crippen LogP contribution in [0.4, 0.5) is 0 Å². The summed E-state index contributed by atoms with van der Waals surface area (Å²) in [5, 5.41) is 2.14. The quantitative estimate of drug-likeness (QED) is 0.929. The average Bonchev–Trinajstić information content (AvgIpc) is 3.03. The molecule has 1 atom stereocenters. The fourth-order valence-electron chi connectivity index (χ4n) is 3.65. The SMILES string of the molecule is CCCN1CCCC2(CC1)CN=C(N)N2Cc1cccs1. The Hall–Kier alpha value is -1.07. The minimum Gasteiger partial charge on any atom is -0.370 e. The Kier molecular flexibility index (Phi) is 4.50. The number of nitrogens with two attached hydrogens (primary N) is 1. The molecule has 2 aliphatic heterocycles. The van der Waals surface area contributed by atoms with E-state index < -0.39 is 0 Å². The summed E-state index contributed by atoms with van der Waals surface area (Å²) in [6, 6.07) is 4.32. The van der Waals surface area contributed by atoms with Crippen molar-refractivity contribution in [3.8, 4) is 0 Å². The number of aliphatic imine (C=N–C) groups is 1. The summed E-state index contributed by atoms with van der Waals surface area (Å²) in [5.74, 6) is 0.743. The Labute approximate surface area is 131 Å². The van der Waals surface area contributed by atoms with E-state index in [0.29, 0.717) is 0 Å². The zero-order chi connectivity index (χ0) is 14.7. The number of likely N-dealkylation sites (tertiary alicyclic amines) is 1. The molecule has 3 rings (SSSR count). The fraction of sp³-hybridized carbons (Fsp3) is 0.688. The van der Waals surface area contributed by atoms with Crippen LogP contribution in [0, 0.1) is 0 Å². The number of thiophene rings is 1. The summed E-state index contributed by atoms with van der Waals surface area (Å²) in [4.78, 5) is 11.0. The van der Waals surface area contributed by atoms with E-state index in [0.717, 1.165) is 19.0 Å².